The Hall–Kier alpha value is -3.52. The van der Waals surface area contributed by atoms with Crippen LogP contribution in [-0.2, 0) is 0 Å². The van der Waals surface area contributed by atoms with E-state index in [1.54, 1.807) is 30.3 Å². The fourth-order valence-corrected chi connectivity index (χ4v) is 2.08. The third-order valence-corrected chi connectivity index (χ3v) is 3.33. The minimum atomic E-state index is -1.20. The largest absolute Gasteiger partial charge is 0.507 e. The molecule has 6 N–H and O–H groups in total. The van der Waals surface area contributed by atoms with Gasteiger partial charge in [-0.1, -0.05) is 30.9 Å². The van der Waals surface area contributed by atoms with E-state index in [0.717, 1.165) is 6.92 Å². The molecule has 148 valence electrons. The van der Waals surface area contributed by atoms with Crippen LogP contribution in [0.25, 0.3) is 11.1 Å². The van der Waals surface area contributed by atoms with E-state index in [9.17, 15) is 13.9 Å². The monoisotopic (exact) mass is 387 g/mol. The minimum Gasteiger partial charge on any atom is -0.507 e. The van der Waals surface area contributed by atoms with Gasteiger partial charge in [-0.2, -0.15) is 0 Å². The second-order valence-corrected chi connectivity index (χ2v) is 5.48. The van der Waals surface area contributed by atoms with E-state index in [2.05, 4.69) is 28.6 Å². The van der Waals surface area contributed by atoms with Gasteiger partial charge in [-0.3, -0.25) is 0 Å². The van der Waals surface area contributed by atoms with Gasteiger partial charge >= 0.3 is 0 Å². The number of benzene rings is 1. The zero-order valence-electron chi connectivity index (χ0n) is 15.7. The number of nitrogens with zero attached hydrogens (tertiary/aromatic N) is 2. The molecule has 8 heteroatoms. The van der Waals surface area contributed by atoms with Crippen LogP contribution in [0, 0.1) is 0 Å². The number of amidine groups is 1. The first-order valence-corrected chi connectivity index (χ1v) is 8.14. The Morgan fingerprint density at radius 1 is 1.32 bits per heavy atom. The van der Waals surface area contributed by atoms with Gasteiger partial charge in [0.15, 0.2) is 11.7 Å². The predicted molar refractivity (Wildman–Crippen MR) is 110 cm³/mol. The lowest BCUT2D eigenvalue weighted by Crippen LogP contribution is -2.32. The number of aromatic nitrogens is 1. The Labute approximate surface area is 162 Å². The van der Waals surface area contributed by atoms with Gasteiger partial charge in [-0.05, 0) is 26.0 Å². The van der Waals surface area contributed by atoms with Gasteiger partial charge in [0.2, 0.25) is 0 Å². The predicted octanol–water partition coefficient (Wildman–Crippen LogP) is 4.12. The number of pyridine rings is 1. The molecule has 0 aliphatic heterocycles. The van der Waals surface area contributed by atoms with Crippen molar-refractivity contribution in [2.45, 2.75) is 13.8 Å². The number of aliphatic imine (C=N–C) groups is 1. The number of nitrogens with one attached hydrogen (secondary N) is 1. The van der Waals surface area contributed by atoms with Gasteiger partial charge in [0.05, 0.1) is 11.3 Å². The van der Waals surface area contributed by atoms with Crippen LogP contribution in [0.1, 0.15) is 19.4 Å². The second-order valence-electron chi connectivity index (χ2n) is 5.48. The number of aromatic hydroxyl groups is 1. The van der Waals surface area contributed by atoms with E-state index >= 15 is 0 Å². The van der Waals surface area contributed by atoms with Crippen LogP contribution in [0.2, 0.25) is 0 Å². The number of halogens is 2. The van der Waals surface area contributed by atoms with Gasteiger partial charge < -0.3 is 16.3 Å². The van der Waals surface area contributed by atoms with Crippen LogP contribution >= 0.6 is 0 Å². The SMILES string of the molecule is C=C(N=C(NN)c1cc(-c2ccccc2O)cnc1N)/C(F)=C(\C)F.C=CC. The van der Waals surface area contributed by atoms with Crippen molar-refractivity contribution in [3.05, 3.63) is 78.7 Å². The fraction of sp³-hybridized carbons (Fsp3) is 0.100. The molecule has 28 heavy (non-hydrogen) atoms. The number of allylic oxidation sites excluding steroid dienone is 3. The molecule has 0 radical (unpaired) electrons. The Morgan fingerprint density at radius 2 is 1.93 bits per heavy atom. The molecular weight excluding hydrogens is 364 g/mol. The maximum atomic E-state index is 13.6. The Kier molecular flexibility index (Phi) is 8.51. The van der Waals surface area contributed by atoms with Crippen LogP contribution in [0.3, 0.4) is 0 Å². The molecule has 0 fully saturated rings. The zero-order chi connectivity index (χ0) is 21.3. The molecule has 0 saturated heterocycles. The van der Waals surface area contributed by atoms with Crippen molar-refractivity contribution in [2.75, 3.05) is 5.73 Å². The summed E-state index contributed by atoms with van der Waals surface area (Å²) in [7, 11) is 0. The maximum absolute atomic E-state index is 13.6. The van der Waals surface area contributed by atoms with E-state index < -0.39 is 17.4 Å². The molecule has 2 rings (SSSR count). The molecule has 0 amide bonds. The van der Waals surface area contributed by atoms with Gasteiger partial charge in [0.25, 0.3) is 0 Å². The van der Waals surface area contributed by atoms with Crippen molar-refractivity contribution < 1.29 is 13.9 Å². The van der Waals surface area contributed by atoms with E-state index in [-0.39, 0.29) is 23.0 Å². The summed E-state index contributed by atoms with van der Waals surface area (Å²) < 4.78 is 26.5. The number of phenolic OH excluding ortho intramolecular Hbond substituents is 1. The van der Waals surface area contributed by atoms with Crippen molar-refractivity contribution in [1.82, 2.24) is 10.4 Å². The smallest absolute Gasteiger partial charge is 0.179 e. The summed E-state index contributed by atoms with van der Waals surface area (Å²) >= 11 is 0. The molecule has 0 saturated carbocycles. The Balaban J connectivity index is 0.00000122. The normalized spacial score (nSPS) is 11.7. The number of rotatable bonds is 4. The molecule has 0 aliphatic carbocycles. The van der Waals surface area contributed by atoms with Crippen molar-refractivity contribution in [2.24, 2.45) is 10.8 Å². The van der Waals surface area contributed by atoms with Crippen LogP contribution in [0.15, 0.2) is 78.1 Å². The first-order valence-electron chi connectivity index (χ1n) is 8.14. The molecule has 0 unspecified atom stereocenters. The van der Waals surface area contributed by atoms with Crippen LogP contribution in [-0.4, -0.2) is 15.9 Å². The van der Waals surface area contributed by atoms with Crippen LogP contribution < -0.4 is 17.0 Å². The van der Waals surface area contributed by atoms with Gasteiger partial charge in [-0.25, -0.2) is 24.6 Å². The molecule has 1 aromatic heterocycles. The summed E-state index contributed by atoms with van der Waals surface area (Å²) in [5.41, 5.74) is 8.94. The first-order chi connectivity index (χ1) is 13.3. The lowest BCUT2D eigenvalue weighted by atomic mass is 10.0. The van der Waals surface area contributed by atoms with Crippen molar-refractivity contribution >= 4 is 11.7 Å². The van der Waals surface area contributed by atoms with Crippen LogP contribution in [0.5, 0.6) is 5.75 Å². The van der Waals surface area contributed by atoms with Crippen molar-refractivity contribution in [1.29, 1.82) is 0 Å². The summed E-state index contributed by atoms with van der Waals surface area (Å²) in [5, 5.41) is 9.96. The van der Waals surface area contributed by atoms with Crippen molar-refractivity contribution in [3.63, 3.8) is 0 Å². The van der Waals surface area contributed by atoms with Gasteiger partial charge in [0.1, 0.15) is 17.4 Å². The number of phenols is 1. The molecule has 0 bridgehead atoms. The topological polar surface area (TPSA) is 110 Å². The fourth-order valence-electron chi connectivity index (χ4n) is 2.08. The molecule has 1 heterocycles. The first kappa shape index (κ1) is 22.5. The summed E-state index contributed by atoms with van der Waals surface area (Å²) in [6, 6.07) is 8.19. The number of hydrogen-bond donors (Lipinski definition) is 4. The lowest BCUT2D eigenvalue weighted by Gasteiger charge is -2.11. The number of anilines is 1. The number of para-hydroxylation sites is 1. The second kappa shape index (κ2) is 10.6. The van der Waals surface area contributed by atoms with Gasteiger partial charge in [0, 0.05) is 17.3 Å². The quantitative estimate of drug-likeness (QED) is 0.158. The highest BCUT2D eigenvalue weighted by atomic mass is 19.2. The zero-order valence-corrected chi connectivity index (χ0v) is 15.7. The third-order valence-electron chi connectivity index (χ3n) is 3.33. The molecule has 2 aromatic rings. The number of nitrogen functional groups attached to an aromatic ring is 1. The molecule has 0 spiro atoms. The van der Waals surface area contributed by atoms with E-state index in [1.807, 2.05) is 6.92 Å². The summed E-state index contributed by atoms with van der Waals surface area (Å²) in [6.45, 7) is 9.55. The highest BCUT2D eigenvalue weighted by molar-refractivity contribution is 6.03. The Bertz CT molecular complexity index is 919. The minimum absolute atomic E-state index is 0.0469. The number of hydrazine groups is 1. The highest BCUT2D eigenvalue weighted by Gasteiger charge is 2.14. The average molecular weight is 387 g/mol. The molecule has 0 atom stereocenters. The molecular formula is C20H23F2N5O. The van der Waals surface area contributed by atoms with Crippen molar-refractivity contribution in [3.8, 4) is 16.9 Å². The van der Waals surface area contributed by atoms with E-state index in [1.165, 1.54) is 12.3 Å². The van der Waals surface area contributed by atoms with E-state index in [0.29, 0.717) is 11.1 Å². The third kappa shape index (κ3) is 5.75. The highest BCUT2D eigenvalue weighted by Crippen LogP contribution is 2.30. The summed E-state index contributed by atoms with van der Waals surface area (Å²) in [4.78, 5) is 7.87. The standard InChI is InChI=1S/C17H17F2N5O.C3H6/c1-9(18)15(19)10(2)23-17(24-21)13-7-11(8-22-16(13)20)12-5-3-4-6-14(12)25;1-3-2/h3-8,25H,2,21H2,1H3,(H2,20,22)(H,23,24);3H,1H2,2H3/b15-9-;. The Morgan fingerprint density at radius 3 is 2.46 bits per heavy atom. The number of nitrogens with two attached hydrogens (primary N) is 2. The van der Waals surface area contributed by atoms with Gasteiger partial charge in [-0.15, -0.1) is 6.58 Å². The average Bonchev–Trinajstić information content (AvgIpc) is 2.67. The summed E-state index contributed by atoms with van der Waals surface area (Å²) in [6.07, 6.45) is 3.21. The van der Waals surface area contributed by atoms with E-state index in [4.69, 9.17) is 11.6 Å². The lowest BCUT2D eigenvalue weighted by molar-refractivity contribution is 0.477. The molecule has 0 aliphatic rings. The maximum Gasteiger partial charge on any atom is 0.179 e. The number of hydrogen-bond acceptors (Lipinski definition) is 5. The van der Waals surface area contributed by atoms with Crippen LogP contribution in [0.4, 0.5) is 14.6 Å². The summed E-state index contributed by atoms with van der Waals surface area (Å²) in [5.74, 6) is 3.23. The molecule has 1 aromatic carbocycles. The molecule has 6 nitrogen and oxygen atoms in total.